The highest BCUT2D eigenvalue weighted by molar-refractivity contribution is 6.33. The predicted octanol–water partition coefficient (Wildman–Crippen LogP) is 3.85. The number of amides is 1. The molecule has 0 atom stereocenters. The molecule has 0 radical (unpaired) electrons. The van der Waals surface area contributed by atoms with Crippen LogP contribution in [0.4, 0.5) is 5.82 Å². The Bertz CT molecular complexity index is 463. The van der Waals surface area contributed by atoms with E-state index in [-0.39, 0.29) is 5.91 Å². The van der Waals surface area contributed by atoms with Crippen molar-refractivity contribution in [2.24, 2.45) is 11.8 Å². The smallest absolute Gasteiger partial charge is 0.255 e. The first-order chi connectivity index (χ1) is 9.81. The van der Waals surface area contributed by atoms with Crippen molar-refractivity contribution in [1.29, 1.82) is 0 Å². The molecule has 1 aromatic heterocycles. The van der Waals surface area contributed by atoms with Gasteiger partial charge in [0.2, 0.25) is 0 Å². The second-order valence-corrected chi connectivity index (χ2v) is 6.65. The fraction of sp³-hybridized carbons (Fsp3) is 0.625. The predicted molar refractivity (Wildman–Crippen MR) is 88.5 cm³/mol. The van der Waals surface area contributed by atoms with Crippen molar-refractivity contribution in [3.05, 3.63) is 22.8 Å². The standard InChI is InChI=1S/C16H26ClN3O/c1-11(2)5-7-20(8-6-12(3)4)16(21)13-9-15(18)19-10-14(13)17/h9-12H,5-8H2,1-4H3,(H2,18,19). The Labute approximate surface area is 132 Å². The van der Waals surface area contributed by atoms with Gasteiger partial charge in [-0.1, -0.05) is 39.3 Å². The molecule has 0 fully saturated rings. The van der Waals surface area contributed by atoms with Crippen molar-refractivity contribution >= 4 is 23.3 Å². The number of rotatable bonds is 7. The van der Waals surface area contributed by atoms with Crippen LogP contribution in [0.25, 0.3) is 0 Å². The van der Waals surface area contributed by atoms with E-state index >= 15 is 0 Å². The monoisotopic (exact) mass is 311 g/mol. The van der Waals surface area contributed by atoms with Crippen LogP contribution in [0.3, 0.4) is 0 Å². The van der Waals surface area contributed by atoms with Gasteiger partial charge in [-0.05, 0) is 30.7 Å². The Morgan fingerprint density at radius 2 is 1.76 bits per heavy atom. The maximum Gasteiger partial charge on any atom is 0.255 e. The van der Waals surface area contributed by atoms with Crippen molar-refractivity contribution in [2.75, 3.05) is 18.8 Å². The van der Waals surface area contributed by atoms with E-state index in [1.807, 2.05) is 4.90 Å². The molecule has 0 aliphatic heterocycles. The highest BCUT2D eigenvalue weighted by Crippen LogP contribution is 2.20. The minimum atomic E-state index is -0.0598. The molecule has 4 nitrogen and oxygen atoms in total. The lowest BCUT2D eigenvalue weighted by Gasteiger charge is -2.25. The molecule has 118 valence electrons. The maximum atomic E-state index is 12.7. The number of aromatic nitrogens is 1. The number of hydrogen-bond acceptors (Lipinski definition) is 3. The van der Waals surface area contributed by atoms with Crippen molar-refractivity contribution in [3.63, 3.8) is 0 Å². The summed E-state index contributed by atoms with van der Waals surface area (Å²) in [4.78, 5) is 18.5. The summed E-state index contributed by atoms with van der Waals surface area (Å²) in [5.74, 6) is 1.36. The number of pyridine rings is 1. The highest BCUT2D eigenvalue weighted by Gasteiger charge is 2.19. The lowest BCUT2D eigenvalue weighted by molar-refractivity contribution is 0.0741. The van der Waals surface area contributed by atoms with Gasteiger partial charge in [0.05, 0.1) is 10.6 Å². The van der Waals surface area contributed by atoms with Gasteiger partial charge >= 0.3 is 0 Å². The molecule has 0 aliphatic rings. The van der Waals surface area contributed by atoms with Crippen LogP contribution in [0.1, 0.15) is 50.9 Å². The van der Waals surface area contributed by atoms with Crippen LogP contribution in [0.2, 0.25) is 5.02 Å². The largest absolute Gasteiger partial charge is 0.384 e. The highest BCUT2D eigenvalue weighted by atomic mass is 35.5. The summed E-state index contributed by atoms with van der Waals surface area (Å²) < 4.78 is 0. The van der Waals surface area contributed by atoms with Gasteiger partial charge in [-0.15, -0.1) is 0 Å². The van der Waals surface area contributed by atoms with E-state index in [0.29, 0.717) is 28.2 Å². The lowest BCUT2D eigenvalue weighted by Crippen LogP contribution is -2.34. The molecular formula is C16H26ClN3O. The summed E-state index contributed by atoms with van der Waals surface area (Å²) in [6.07, 6.45) is 3.39. The lowest BCUT2D eigenvalue weighted by atomic mass is 10.1. The second-order valence-electron chi connectivity index (χ2n) is 6.25. The molecule has 1 aromatic rings. The van der Waals surface area contributed by atoms with Crippen molar-refractivity contribution < 1.29 is 4.79 Å². The Morgan fingerprint density at radius 1 is 1.24 bits per heavy atom. The third-order valence-corrected chi connectivity index (χ3v) is 3.65. The molecule has 0 saturated heterocycles. The Morgan fingerprint density at radius 3 is 2.24 bits per heavy atom. The van der Waals surface area contributed by atoms with Crippen LogP contribution in [-0.2, 0) is 0 Å². The van der Waals surface area contributed by atoms with E-state index in [4.69, 9.17) is 17.3 Å². The van der Waals surface area contributed by atoms with Crippen molar-refractivity contribution in [3.8, 4) is 0 Å². The molecule has 0 unspecified atom stereocenters. The van der Waals surface area contributed by atoms with E-state index in [9.17, 15) is 4.79 Å². The van der Waals surface area contributed by atoms with E-state index in [0.717, 1.165) is 25.9 Å². The van der Waals surface area contributed by atoms with Crippen LogP contribution >= 0.6 is 11.6 Å². The zero-order valence-electron chi connectivity index (χ0n) is 13.4. The van der Waals surface area contributed by atoms with Gasteiger partial charge in [0.15, 0.2) is 0 Å². The number of anilines is 1. The first kappa shape index (κ1) is 17.8. The van der Waals surface area contributed by atoms with Gasteiger partial charge in [-0.3, -0.25) is 4.79 Å². The number of hydrogen-bond donors (Lipinski definition) is 1. The molecule has 0 aliphatic carbocycles. The van der Waals surface area contributed by atoms with Crippen molar-refractivity contribution in [1.82, 2.24) is 9.88 Å². The fourth-order valence-electron chi connectivity index (χ4n) is 1.93. The minimum absolute atomic E-state index is 0.0598. The van der Waals surface area contributed by atoms with E-state index in [2.05, 4.69) is 32.7 Å². The van der Waals surface area contributed by atoms with Crippen LogP contribution in [-0.4, -0.2) is 28.9 Å². The summed E-state index contributed by atoms with van der Waals surface area (Å²) in [6.45, 7) is 10.1. The van der Waals surface area contributed by atoms with Crippen LogP contribution in [0.15, 0.2) is 12.3 Å². The third-order valence-electron chi connectivity index (χ3n) is 3.35. The maximum absolute atomic E-state index is 12.7. The number of halogens is 1. The van der Waals surface area contributed by atoms with Crippen molar-refractivity contribution in [2.45, 2.75) is 40.5 Å². The Hall–Kier alpha value is -1.29. The third kappa shape index (κ3) is 5.92. The molecular weight excluding hydrogens is 286 g/mol. The van der Waals surface area contributed by atoms with Crippen LogP contribution in [0, 0.1) is 11.8 Å². The van der Waals surface area contributed by atoms with Crippen LogP contribution in [0.5, 0.6) is 0 Å². The molecule has 1 rings (SSSR count). The van der Waals surface area contributed by atoms with Gasteiger partial charge in [-0.2, -0.15) is 0 Å². The minimum Gasteiger partial charge on any atom is -0.384 e. The quantitative estimate of drug-likeness (QED) is 0.832. The first-order valence-electron chi connectivity index (χ1n) is 7.51. The molecule has 0 spiro atoms. The first-order valence-corrected chi connectivity index (χ1v) is 7.89. The Kier molecular flexibility index (Phi) is 6.96. The molecule has 1 heterocycles. The molecule has 5 heteroatoms. The summed E-state index contributed by atoms with van der Waals surface area (Å²) in [5.41, 5.74) is 6.11. The molecule has 0 aromatic carbocycles. The van der Waals surface area contributed by atoms with Gasteiger partial charge in [-0.25, -0.2) is 4.98 Å². The number of carbonyl (C=O) groups excluding carboxylic acids is 1. The molecule has 0 bridgehead atoms. The fourth-order valence-corrected chi connectivity index (χ4v) is 2.12. The molecule has 21 heavy (non-hydrogen) atoms. The topological polar surface area (TPSA) is 59.2 Å². The molecule has 2 N–H and O–H groups in total. The summed E-state index contributed by atoms with van der Waals surface area (Å²) >= 11 is 6.10. The number of nitrogen functional groups attached to an aromatic ring is 1. The Balaban J connectivity index is 2.89. The van der Waals surface area contributed by atoms with Gasteiger partial charge in [0, 0.05) is 19.3 Å². The normalized spacial score (nSPS) is 11.2. The summed E-state index contributed by atoms with van der Waals surface area (Å²) in [5, 5.41) is 0.355. The summed E-state index contributed by atoms with van der Waals surface area (Å²) in [6, 6.07) is 1.56. The van der Waals surface area contributed by atoms with Gasteiger partial charge < -0.3 is 10.6 Å². The van der Waals surface area contributed by atoms with Gasteiger partial charge in [0.25, 0.3) is 5.91 Å². The van der Waals surface area contributed by atoms with E-state index in [1.165, 1.54) is 6.20 Å². The molecule has 0 saturated carbocycles. The molecule has 1 amide bonds. The average molecular weight is 312 g/mol. The number of carbonyl (C=O) groups is 1. The van der Waals surface area contributed by atoms with E-state index in [1.54, 1.807) is 6.07 Å². The summed E-state index contributed by atoms with van der Waals surface area (Å²) in [7, 11) is 0. The SMILES string of the molecule is CC(C)CCN(CCC(C)C)C(=O)c1cc(N)ncc1Cl. The average Bonchev–Trinajstić information content (AvgIpc) is 2.40. The van der Waals surface area contributed by atoms with Gasteiger partial charge in [0.1, 0.15) is 5.82 Å². The second kappa shape index (κ2) is 8.23. The van der Waals surface area contributed by atoms with E-state index < -0.39 is 0 Å². The zero-order valence-corrected chi connectivity index (χ0v) is 14.2. The number of nitrogens with zero attached hydrogens (tertiary/aromatic N) is 2. The number of nitrogens with two attached hydrogens (primary N) is 1. The zero-order chi connectivity index (χ0) is 16.0. The van der Waals surface area contributed by atoms with Crippen LogP contribution < -0.4 is 5.73 Å².